The molecule has 1 spiro atoms. The number of benzene rings is 2. The highest BCUT2D eigenvalue weighted by atomic mass is 32.2. The van der Waals surface area contributed by atoms with Gasteiger partial charge < -0.3 is 23.7 Å². The van der Waals surface area contributed by atoms with E-state index in [0.717, 1.165) is 43.1 Å². The van der Waals surface area contributed by atoms with E-state index in [0.29, 0.717) is 35.7 Å². The van der Waals surface area contributed by atoms with E-state index in [1.165, 1.54) is 0 Å². The van der Waals surface area contributed by atoms with Crippen molar-refractivity contribution in [2.75, 3.05) is 32.7 Å². The highest BCUT2D eigenvalue weighted by Crippen LogP contribution is 2.72. The number of ether oxygens (including phenoxy) is 5. The molecule has 8 heteroatoms. The van der Waals surface area contributed by atoms with Crippen LogP contribution in [0.1, 0.15) is 74.1 Å². The van der Waals surface area contributed by atoms with Gasteiger partial charge in [0.25, 0.3) is 0 Å². The maximum Gasteiger partial charge on any atom is 0.227 e. The topological polar surface area (TPSA) is 83.6 Å². The molecule has 0 bridgehead atoms. The molecule has 7 unspecified atom stereocenters. The lowest BCUT2D eigenvalue weighted by Gasteiger charge is -2.61. The van der Waals surface area contributed by atoms with E-state index in [2.05, 4.69) is 34.0 Å². The second-order valence-corrected chi connectivity index (χ2v) is 14.2. The largest absolute Gasteiger partial charge is 0.463 e. The number of Topliss-reactive ketones (excluding diaryl/α,β-unsaturated/α-hetero) is 1. The highest BCUT2D eigenvalue weighted by Gasteiger charge is 2.83. The van der Waals surface area contributed by atoms with E-state index in [1.54, 1.807) is 31.0 Å². The standard InChI is InChI=1S/C30H42O6S.C7H6O/c1-19(2)22-15-24-30(36-24)28(3)14-10-13-21(23(28)16-35-29(30,4)27(22)34-18-37-6)26(33-17-32-5)25(31)20-11-8-7-9-12-20;8-6-7-4-2-1-3-5-7/h7-9,11-12,19,22-24,27H,10,13-18H2,1-6H3;1-6H/b26-21+;. The van der Waals surface area contributed by atoms with Gasteiger partial charge in [-0.1, -0.05) is 81.4 Å². The quantitative estimate of drug-likeness (QED) is 0.0668. The molecule has 2 aliphatic heterocycles. The van der Waals surface area contributed by atoms with Gasteiger partial charge in [-0.2, -0.15) is 0 Å². The van der Waals surface area contributed by atoms with Gasteiger partial charge in [-0.15, -0.1) is 11.8 Å². The first-order valence-electron chi connectivity index (χ1n) is 16.1. The average Bonchev–Trinajstić information content (AvgIpc) is 3.81. The molecule has 4 aliphatic rings. The maximum atomic E-state index is 13.7. The summed E-state index contributed by atoms with van der Waals surface area (Å²) in [6.45, 7) is 9.70. The number of thioether (sulfide) groups is 1. The molecule has 7 atom stereocenters. The van der Waals surface area contributed by atoms with Gasteiger partial charge in [0.05, 0.1) is 24.8 Å². The summed E-state index contributed by atoms with van der Waals surface area (Å²) < 4.78 is 31.6. The van der Waals surface area contributed by atoms with E-state index < -0.39 is 11.2 Å². The van der Waals surface area contributed by atoms with Gasteiger partial charge in [0.1, 0.15) is 17.5 Å². The van der Waals surface area contributed by atoms with Crippen LogP contribution in [0.2, 0.25) is 0 Å². The van der Waals surface area contributed by atoms with Crippen molar-refractivity contribution in [3.05, 3.63) is 83.1 Å². The van der Waals surface area contributed by atoms with Gasteiger partial charge in [-0.25, -0.2) is 0 Å². The Morgan fingerprint density at radius 2 is 1.78 bits per heavy atom. The minimum absolute atomic E-state index is 0.0237. The number of fused-ring (bicyclic) bond motifs is 1. The van der Waals surface area contributed by atoms with Crippen molar-refractivity contribution in [3.63, 3.8) is 0 Å². The zero-order chi connectivity index (χ0) is 32.2. The molecule has 45 heavy (non-hydrogen) atoms. The molecule has 2 saturated heterocycles. The van der Waals surface area contributed by atoms with Gasteiger partial charge in [-0.05, 0) is 56.3 Å². The number of rotatable bonds is 10. The number of hydrogen-bond donors (Lipinski definition) is 0. The summed E-state index contributed by atoms with van der Waals surface area (Å²) >= 11 is 1.70. The van der Waals surface area contributed by atoms with Crippen LogP contribution in [0.25, 0.3) is 0 Å². The monoisotopic (exact) mass is 636 g/mol. The first-order valence-corrected chi connectivity index (χ1v) is 17.4. The lowest BCUT2D eigenvalue weighted by Crippen LogP contribution is -2.72. The third-order valence-electron chi connectivity index (χ3n) is 10.6. The molecule has 2 heterocycles. The predicted octanol–water partition coefficient (Wildman–Crippen LogP) is 7.36. The third kappa shape index (κ3) is 6.05. The Labute approximate surface area is 272 Å². The van der Waals surface area contributed by atoms with Gasteiger partial charge in [0.2, 0.25) is 5.78 Å². The van der Waals surface area contributed by atoms with Crippen molar-refractivity contribution in [2.24, 2.45) is 23.2 Å². The molecular formula is C37H48O7S. The molecule has 4 fully saturated rings. The molecule has 0 aromatic heterocycles. The number of epoxide rings is 1. The molecular weight excluding hydrogens is 588 g/mol. The van der Waals surface area contributed by atoms with E-state index >= 15 is 0 Å². The van der Waals surface area contributed by atoms with Crippen LogP contribution in [0, 0.1) is 23.2 Å². The maximum absolute atomic E-state index is 13.7. The van der Waals surface area contributed by atoms with Crippen LogP contribution in [0.5, 0.6) is 0 Å². The molecule has 2 aromatic rings. The Morgan fingerprint density at radius 3 is 2.38 bits per heavy atom. The van der Waals surface area contributed by atoms with Crippen LogP contribution in [-0.4, -0.2) is 68.2 Å². The Hall–Kier alpha value is -2.49. The fraction of sp³-hybridized carbons (Fsp3) is 0.568. The molecule has 2 aliphatic carbocycles. The lowest BCUT2D eigenvalue weighted by molar-refractivity contribution is -0.264. The molecule has 2 aromatic carbocycles. The SMILES string of the molecule is COCO/C(C(=O)c1ccccc1)=C1\CCCC2(C)C1COC1(C)C(OCSC)C(C(C)C)CC3OC321.O=Cc1ccccc1. The van der Waals surface area contributed by atoms with Crippen molar-refractivity contribution in [1.82, 2.24) is 0 Å². The normalized spacial score (nSPS) is 34.3. The van der Waals surface area contributed by atoms with Crippen LogP contribution >= 0.6 is 11.8 Å². The summed E-state index contributed by atoms with van der Waals surface area (Å²) in [5, 5.41) is 0. The van der Waals surface area contributed by atoms with Crippen molar-refractivity contribution >= 4 is 23.8 Å². The summed E-state index contributed by atoms with van der Waals surface area (Å²) in [7, 11) is 1.58. The Kier molecular flexibility index (Phi) is 10.6. The van der Waals surface area contributed by atoms with Gasteiger partial charge in [0.15, 0.2) is 12.6 Å². The Bertz CT molecular complexity index is 1350. The van der Waals surface area contributed by atoms with Crippen LogP contribution in [0.3, 0.4) is 0 Å². The molecule has 0 N–H and O–H groups in total. The number of carbonyl (C=O) groups is 2. The number of carbonyl (C=O) groups excluding carboxylic acids is 2. The van der Waals surface area contributed by atoms with Crippen molar-refractivity contribution in [3.8, 4) is 0 Å². The van der Waals surface area contributed by atoms with Gasteiger partial charge in [-0.3, -0.25) is 9.59 Å². The summed E-state index contributed by atoms with van der Waals surface area (Å²) in [5.74, 6) is 1.82. The van der Waals surface area contributed by atoms with Crippen molar-refractivity contribution < 1.29 is 33.3 Å². The van der Waals surface area contributed by atoms with Crippen molar-refractivity contribution in [1.29, 1.82) is 0 Å². The lowest BCUT2D eigenvalue weighted by atomic mass is 9.48. The number of hydrogen-bond acceptors (Lipinski definition) is 8. The zero-order valence-corrected chi connectivity index (χ0v) is 28.3. The summed E-state index contributed by atoms with van der Waals surface area (Å²) in [6.07, 6.45) is 6.79. The number of allylic oxidation sites excluding steroid dienone is 1. The summed E-state index contributed by atoms with van der Waals surface area (Å²) in [4.78, 5) is 23.7. The number of ketones is 1. The Morgan fingerprint density at radius 1 is 1.09 bits per heavy atom. The number of methoxy groups -OCH3 is 1. The smallest absolute Gasteiger partial charge is 0.227 e. The molecule has 7 nitrogen and oxygen atoms in total. The fourth-order valence-electron chi connectivity index (χ4n) is 8.45. The second-order valence-electron chi connectivity index (χ2n) is 13.4. The number of aldehydes is 1. The highest BCUT2D eigenvalue weighted by molar-refractivity contribution is 7.98. The van der Waals surface area contributed by atoms with Crippen LogP contribution in [0.4, 0.5) is 0 Å². The first-order chi connectivity index (χ1) is 21.7. The van der Waals surface area contributed by atoms with E-state index in [4.69, 9.17) is 23.7 Å². The second kappa shape index (κ2) is 14.1. The van der Waals surface area contributed by atoms with Gasteiger partial charge >= 0.3 is 0 Å². The minimum Gasteiger partial charge on any atom is -0.463 e. The van der Waals surface area contributed by atoms with Crippen LogP contribution in [0.15, 0.2) is 72.0 Å². The zero-order valence-electron chi connectivity index (χ0n) is 27.5. The van der Waals surface area contributed by atoms with E-state index in [-0.39, 0.29) is 36.1 Å². The molecule has 2 saturated carbocycles. The molecule has 244 valence electrons. The Balaban J connectivity index is 0.000000436. The van der Waals surface area contributed by atoms with Crippen molar-refractivity contribution in [2.45, 2.75) is 76.8 Å². The molecule has 0 radical (unpaired) electrons. The average molecular weight is 637 g/mol. The first kappa shape index (κ1) is 33.9. The molecule has 6 rings (SSSR count). The van der Waals surface area contributed by atoms with Crippen LogP contribution < -0.4 is 0 Å². The fourth-order valence-corrected chi connectivity index (χ4v) is 8.73. The van der Waals surface area contributed by atoms with Gasteiger partial charge in [0, 0.05) is 29.6 Å². The minimum atomic E-state index is -0.550. The van der Waals surface area contributed by atoms with E-state index in [9.17, 15) is 9.59 Å². The summed E-state index contributed by atoms with van der Waals surface area (Å²) in [5.41, 5.74) is 1.21. The molecule has 0 amide bonds. The predicted molar refractivity (Wildman–Crippen MR) is 176 cm³/mol. The summed E-state index contributed by atoms with van der Waals surface area (Å²) in [6, 6.07) is 18.5. The van der Waals surface area contributed by atoms with E-state index in [1.807, 2.05) is 48.5 Å². The van der Waals surface area contributed by atoms with Crippen LogP contribution in [-0.2, 0) is 23.7 Å². The third-order valence-corrected chi connectivity index (χ3v) is 11.0.